The molecule has 0 aliphatic rings. The van der Waals surface area contributed by atoms with Gasteiger partial charge in [0.1, 0.15) is 0 Å². The lowest BCUT2D eigenvalue weighted by Crippen LogP contribution is -2.25. The van der Waals surface area contributed by atoms with Crippen molar-refractivity contribution in [3.63, 3.8) is 0 Å². The minimum atomic E-state index is -4.92. The van der Waals surface area contributed by atoms with Gasteiger partial charge in [-0.05, 0) is 32.5 Å². The third-order valence-corrected chi connectivity index (χ3v) is 9.10. The molecule has 9 nitrogen and oxygen atoms in total. The predicted octanol–water partition coefficient (Wildman–Crippen LogP) is 12.3. The Morgan fingerprint density at radius 3 is 0.673 bits per heavy atom. The lowest BCUT2D eigenvalue weighted by Gasteiger charge is -2.20. The Labute approximate surface area is 307 Å². The summed E-state index contributed by atoms with van der Waals surface area (Å²) in [5.41, 5.74) is 0. The van der Waals surface area contributed by atoms with Crippen LogP contribution in [0.15, 0.2) is 0 Å². The van der Waals surface area contributed by atoms with E-state index >= 15 is 0 Å². The molecule has 0 bridgehead atoms. The van der Waals surface area contributed by atoms with Crippen LogP contribution in [-0.4, -0.2) is 59.6 Å². The van der Waals surface area contributed by atoms with Gasteiger partial charge in [-0.2, -0.15) is 8.42 Å². The van der Waals surface area contributed by atoms with E-state index in [1.807, 2.05) is 0 Å². The molecule has 0 heterocycles. The van der Waals surface area contributed by atoms with E-state index in [0.29, 0.717) is 0 Å². The van der Waals surface area contributed by atoms with Crippen molar-refractivity contribution in [3.05, 3.63) is 0 Å². The number of nitrogens with zero attached hydrogens (tertiary/aromatic N) is 1. The highest BCUT2D eigenvalue weighted by molar-refractivity contribution is 7.80. The molecule has 49 heavy (non-hydrogen) atoms. The van der Waals surface area contributed by atoms with E-state index in [0.717, 1.165) is 0 Å². The maximum Gasteiger partial charge on any atom is 1.00 e. The van der Waals surface area contributed by atoms with Crippen molar-refractivity contribution in [1.29, 1.82) is 0 Å². The molecule has 11 heteroatoms. The largest absolute Gasteiger partial charge is 1.00 e. The highest BCUT2D eigenvalue weighted by Gasteiger charge is 2.02. The van der Waals surface area contributed by atoms with Crippen LogP contribution in [0.4, 0.5) is 0 Å². The molecule has 0 rings (SSSR count). The summed E-state index contributed by atoms with van der Waals surface area (Å²) in [6.07, 6.45) is 46.9. The van der Waals surface area contributed by atoms with Gasteiger partial charge in [-0.1, -0.05) is 213 Å². The van der Waals surface area contributed by atoms with E-state index in [2.05, 4.69) is 25.7 Å². The summed E-state index contributed by atoms with van der Waals surface area (Å²) in [6, 6.07) is 0. The van der Waals surface area contributed by atoms with Crippen LogP contribution in [-0.2, 0) is 20.8 Å². The Balaban J connectivity index is -0.000000835. The zero-order valence-electron chi connectivity index (χ0n) is 33.4. The number of hydrogen-bond acceptors (Lipinski definition) is 6. The summed E-state index contributed by atoms with van der Waals surface area (Å²) < 4.78 is 64.4. The summed E-state index contributed by atoms with van der Waals surface area (Å²) in [4.78, 5) is 2.72. The van der Waals surface area contributed by atoms with Crippen LogP contribution < -0.4 is 0 Å². The Hall–Kier alpha value is -0.300. The molecule has 0 aromatic heterocycles. The summed E-state index contributed by atoms with van der Waals surface area (Å²) >= 11 is 0. The van der Waals surface area contributed by atoms with Gasteiger partial charge in [0.2, 0.25) is 10.4 Å². The second-order valence-corrected chi connectivity index (χ2v) is 15.7. The molecular weight excluding hydrogens is 663 g/mol. The molecule has 0 radical (unpaired) electrons. The van der Waals surface area contributed by atoms with Gasteiger partial charge < -0.3 is 9.45 Å². The lowest BCUT2D eigenvalue weighted by atomic mass is 10.0. The zero-order valence-corrected chi connectivity index (χ0v) is 34.0. The normalized spacial score (nSPS) is 11.7. The van der Waals surface area contributed by atoms with Crippen LogP contribution in [0.1, 0.15) is 228 Å². The predicted molar refractivity (Wildman–Crippen MR) is 209 cm³/mol. The number of rotatable bonds is 35. The maximum absolute atomic E-state index is 8.74. The highest BCUT2D eigenvalue weighted by atomic mass is 32.3. The summed E-state index contributed by atoms with van der Waals surface area (Å²) in [5, 5.41) is 0. The molecule has 3 N–H and O–H groups in total. The molecule has 0 aliphatic carbocycles. The average molecular weight is 746 g/mol. The Bertz CT molecular complexity index is 751. The summed E-state index contributed by atoms with van der Waals surface area (Å²) in [6.45, 7) is 10.9. The third-order valence-electron chi connectivity index (χ3n) is 9.10. The van der Waals surface area contributed by atoms with Crippen molar-refractivity contribution in [2.45, 2.75) is 226 Å². The van der Waals surface area contributed by atoms with Gasteiger partial charge in [-0.15, -0.1) is 0 Å². The second kappa shape index (κ2) is 42.1. The average Bonchev–Trinajstić information content (AvgIpc) is 3.01. The molecule has 300 valence electrons. The minimum absolute atomic E-state index is 0. The lowest BCUT2D eigenvalue weighted by molar-refractivity contribution is 0.273. The Morgan fingerprint density at radius 1 is 0.388 bits per heavy atom. The molecular formula is C38H83NO8S2. The van der Waals surface area contributed by atoms with E-state index in [1.54, 1.807) is 0 Å². The van der Waals surface area contributed by atoms with Gasteiger partial charge in [0, 0.05) is 0 Å². The highest BCUT2D eigenvalue weighted by Crippen LogP contribution is 2.15. The Morgan fingerprint density at radius 2 is 0.531 bits per heavy atom. The van der Waals surface area contributed by atoms with Gasteiger partial charge in [0.25, 0.3) is 0 Å². The van der Waals surface area contributed by atoms with E-state index < -0.39 is 20.8 Å². The second-order valence-electron chi connectivity index (χ2n) is 13.9. The molecule has 0 amide bonds. The molecule has 0 saturated carbocycles. The van der Waals surface area contributed by atoms with Gasteiger partial charge in [-0.25, -0.2) is 8.42 Å². The third kappa shape index (κ3) is 70.1. The van der Waals surface area contributed by atoms with Gasteiger partial charge in [0.15, 0.2) is 0 Å². The SMILES string of the molecule is CCCCCCCCCCCCCCCCCCN(CC)CCCCCCCCCCCCCCCCCC.O=S(=O)(O)O.O=S(=O)([O-])O.[H+]. The molecule has 0 fully saturated rings. The van der Waals surface area contributed by atoms with Crippen LogP contribution >= 0.6 is 0 Å². The van der Waals surface area contributed by atoms with Crippen molar-refractivity contribution in [2.24, 2.45) is 0 Å². The van der Waals surface area contributed by atoms with E-state index in [9.17, 15) is 0 Å². The monoisotopic (exact) mass is 746 g/mol. The maximum atomic E-state index is 8.74. The first kappa shape index (κ1) is 53.1. The van der Waals surface area contributed by atoms with Crippen LogP contribution in [0.5, 0.6) is 0 Å². The van der Waals surface area contributed by atoms with Crippen LogP contribution in [0, 0.1) is 0 Å². The minimum Gasteiger partial charge on any atom is -0.726 e. The zero-order chi connectivity index (χ0) is 37.3. The van der Waals surface area contributed by atoms with Crippen molar-refractivity contribution in [3.8, 4) is 0 Å². The smallest absolute Gasteiger partial charge is 0.726 e. The van der Waals surface area contributed by atoms with E-state index in [1.165, 1.54) is 225 Å². The van der Waals surface area contributed by atoms with Gasteiger partial charge in [-0.3, -0.25) is 13.7 Å². The molecule has 0 atom stereocenters. The molecule has 0 saturated heterocycles. The fourth-order valence-electron chi connectivity index (χ4n) is 6.20. The Kier molecular flexibility index (Phi) is 45.6. The molecule has 0 aromatic carbocycles. The fourth-order valence-corrected chi connectivity index (χ4v) is 6.20. The van der Waals surface area contributed by atoms with Crippen molar-refractivity contribution in [1.82, 2.24) is 4.90 Å². The quantitative estimate of drug-likeness (QED) is 0.0326. The first-order valence-electron chi connectivity index (χ1n) is 20.5. The first-order chi connectivity index (χ1) is 23.3. The standard InChI is InChI=1S/C38H79N.2H2O4S/c1-4-7-9-11-13-15-17-19-21-23-25-27-29-31-33-35-37-39(6-3)38-36-34-32-30-28-26-24-22-20-18-16-14-12-10-8-5-2;2*1-5(2,3)4/h4-38H2,1-3H3;2*(H2,1,2,3,4). The summed E-state index contributed by atoms with van der Waals surface area (Å²) in [7, 11) is -9.58. The van der Waals surface area contributed by atoms with Crippen molar-refractivity contribution >= 4 is 20.8 Å². The topological polar surface area (TPSA) is 155 Å². The van der Waals surface area contributed by atoms with Gasteiger partial charge in [0.05, 0.1) is 0 Å². The molecule has 0 unspecified atom stereocenters. The van der Waals surface area contributed by atoms with E-state index in [4.69, 9.17) is 35.0 Å². The van der Waals surface area contributed by atoms with Crippen molar-refractivity contribution < 1.29 is 36.5 Å². The van der Waals surface area contributed by atoms with Crippen LogP contribution in [0.3, 0.4) is 0 Å². The van der Waals surface area contributed by atoms with Gasteiger partial charge >= 0.3 is 11.8 Å². The number of unbranched alkanes of at least 4 members (excludes halogenated alkanes) is 30. The van der Waals surface area contributed by atoms with Crippen LogP contribution in [0.2, 0.25) is 0 Å². The fraction of sp³-hybridized carbons (Fsp3) is 1.00. The molecule has 0 aromatic rings. The number of hydrogen-bond donors (Lipinski definition) is 3. The van der Waals surface area contributed by atoms with Crippen molar-refractivity contribution in [2.75, 3.05) is 19.6 Å². The molecule has 0 aliphatic heterocycles. The van der Waals surface area contributed by atoms with E-state index in [-0.39, 0.29) is 1.43 Å². The molecule has 0 spiro atoms. The van der Waals surface area contributed by atoms with Crippen LogP contribution in [0.25, 0.3) is 0 Å². The first-order valence-corrected chi connectivity index (χ1v) is 23.2. The summed E-state index contributed by atoms with van der Waals surface area (Å²) in [5.74, 6) is 0.